The van der Waals surface area contributed by atoms with Gasteiger partial charge in [-0.3, -0.25) is 14.9 Å². The molecule has 2 fully saturated rings. The Labute approximate surface area is 162 Å². The number of ether oxygens (including phenoxy) is 2. The molecule has 1 saturated carbocycles. The van der Waals surface area contributed by atoms with Crippen molar-refractivity contribution in [1.29, 1.82) is 0 Å². The Hall–Kier alpha value is -2.94. The number of aromatic amines is 1. The Bertz CT molecular complexity index is 813. The summed E-state index contributed by atoms with van der Waals surface area (Å²) in [7, 11) is 0. The van der Waals surface area contributed by atoms with Gasteiger partial charge in [-0.25, -0.2) is 4.79 Å². The maximum Gasteiger partial charge on any atom is 0.407 e. The molecule has 0 bridgehead atoms. The number of nitrogens with one attached hydrogen (secondary N) is 3. The van der Waals surface area contributed by atoms with Crippen LogP contribution in [0.5, 0.6) is 0 Å². The first-order valence-corrected chi connectivity index (χ1v) is 9.49. The molecule has 1 aliphatic heterocycles. The van der Waals surface area contributed by atoms with E-state index in [9.17, 15) is 9.59 Å². The molecule has 9 nitrogen and oxygen atoms in total. The Morgan fingerprint density at radius 2 is 2.21 bits per heavy atom. The predicted molar refractivity (Wildman–Crippen MR) is 99.5 cm³/mol. The minimum Gasteiger partial charge on any atom is -0.446 e. The van der Waals surface area contributed by atoms with Crippen molar-refractivity contribution in [3.63, 3.8) is 0 Å². The monoisotopic (exact) mass is 385 g/mol. The van der Waals surface area contributed by atoms with Crippen LogP contribution in [0.3, 0.4) is 0 Å². The van der Waals surface area contributed by atoms with Crippen LogP contribution in [0.1, 0.15) is 43.0 Å². The van der Waals surface area contributed by atoms with Crippen LogP contribution in [0.4, 0.5) is 10.6 Å². The number of anilines is 1. The van der Waals surface area contributed by atoms with Gasteiger partial charge < -0.3 is 20.1 Å². The third-order valence-corrected chi connectivity index (χ3v) is 5.02. The first-order valence-electron chi connectivity index (χ1n) is 9.49. The van der Waals surface area contributed by atoms with E-state index < -0.39 is 6.09 Å². The lowest BCUT2D eigenvalue weighted by atomic mass is 9.80. The average molecular weight is 385 g/mol. The Morgan fingerprint density at radius 3 is 2.96 bits per heavy atom. The molecule has 2 aromatic heterocycles. The Kier molecular flexibility index (Phi) is 5.52. The molecular weight excluding hydrogens is 362 g/mol. The number of hydrogen-bond acceptors (Lipinski definition) is 6. The average Bonchev–Trinajstić information content (AvgIpc) is 3.35. The zero-order valence-electron chi connectivity index (χ0n) is 15.4. The number of alkyl carbamates (subject to hydrolysis) is 1. The summed E-state index contributed by atoms with van der Waals surface area (Å²) in [4.78, 5) is 28.1. The van der Waals surface area contributed by atoms with Gasteiger partial charge in [0.05, 0.1) is 12.2 Å². The summed E-state index contributed by atoms with van der Waals surface area (Å²) in [6.07, 6.45) is 3.82. The quantitative estimate of drug-likeness (QED) is 0.701. The molecule has 2 aromatic rings. The molecule has 0 radical (unpaired) electrons. The van der Waals surface area contributed by atoms with Crippen LogP contribution >= 0.6 is 0 Å². The molecule has 1 aliphatic carbocycles. The van der Waals surface area contributed by atoms with Crippen LogP contribution in [-0.4, -0.2) is 46.0 Å². The van der Waals surface area contributed by atoms with E-state index in [1.165, 1.54) is 0 Å². The summed E-state index contributed by atoms with van der Waals surface area (Å²) in [5, 5.41) is 12.6. The lowest BCUT2D eigenvalue weighted by molar-refractivity contribution is -0.124. The standard InChI is InChI=1S/C19H23N5O4/c25-18(16-5-3-7-27-16)22-17-10-15(23-24-17)12-8-14(9-12)28-19(26)21-11-13-4-1-2-6-20-13/h1-2,4,6,10,12,14,16H,3,5,7-9,11H2,(H,21,26)(H2,22,23,24,25)/t12?,14?,16-/m1/s1. The number of carbonyl (C=O) groups is 2. The van der Waals surface area contributed by atoms with Gasteiger partial charge in [-0.1, -0.05) is 6.07 Å². The van der Waals surface area contributed by atoms with Crippen LogP contribution in [0.25, 0.3) is 0 Å². The van der Waals surface area contributed by atoms with Crippen molar-refractivity contribution in [2.75, 3.05) is 11.9 Å². The fourth-order valence-corrected chi connectivity index (χ4v) is 3.38. The number of nitrogens with zero attached hydrogens (tertiary/aromatic N) is 2. The summed E-state index contributed by atoms with van der Waals surface area (Å²) in [6.45, 7) is 0.965. The van der Waals surface area contributed by atoms with E-state index in [0.717, 1.165) is 37.1 Å². The molecule has 2 amide bonds. The highest BCUT2D eigenvalue weighted by Gasteiger charge is 2.34. The van der Waals surface area contributed by atoms with E-state index in [1.54, 1.807) is 6.20 Å². The summed E-state index contributed by atoms with van der Waals surface area (Å²) in [5.74, 6) is 0.567. The molecule has 0 spiro atoms. The number of H-pyrrole nitrogens is 1. The highest BCUT2D eigenvalue weighted by Crippen LogP contribution is 2.38. The fraction of sp³-hybridized carbons (Fsp3) is 0.474. The second kappa shape index (κ2) is 8.39. The van der Waals surface area contributed by atoms with Gasteiger partial charge in [0, 0.05) is 30.5 Å². The molecule has 148 valence electrons. The van der Waals surface area contributed by atoms with Crippen LogP contribution in [0.2, 0.25) is 0 Å². The summed E-state index contributed by atoms with van der Waals surface area (Å²) in [5.41, 5.74) is 1.71. The lowest BCUT2D eigenvalue weighted by Crippen LogP contribution is -2.36. The van der Waals surface area contributed by atoms with Crippen molar-refractivity contribution >= 4 is 17.8 Å². The highest BCUT2D eigenvalue weighted by atomic mass is 16.6. The SMILES string of the molecule is O=C(NCc1ccccn1)OC1CC(c2cc(NC(=O)[C@H]3CCCO3)n[nH]2)C1. The van der Waals surface area contributed by atoms with Gasteiger partial charge >= 0.3 is 6.09 Å². The number of pyridine rings is 1. The summed E-state index contributed by atoms with van der Waals surface area (Å²) >= 11 is 0. The van der Waals surface area contributed by atoms with Crippen LogP contribution in [0, 0.1) is 0 Å². The molecule has 4 rings (SSSR count). The van der Waals surface area contributed by atoms with E-state index in [4.69, 9.17) is 9.47 Å². The van der Waals surface area contributed by atoms with Gasteiger partial charge in [0.25, 0.3) is 5.91 Å². The number of amides is 2. The molecule has 0 aromatic carbocycles. The van der Waals surface area contributed by atoms with Crippen LogP contribution in [0.15, 0.2) is 30.5 Å². The van der Waals surface area contributed by atoms with Crippen LogP contribution < -0.4 is 10.6 Å². The van der Waals surface area contributed by atoms with Crippen molar-refractivity contribution in [3.05, 3.63) is 41.9 Å². The number of rotatable bonds is 6. The molecule has 2 aliphatic rings. The molecule has 1 saturated heterocycles. The molecule has 0 unspecified atom stereocenters. The maximum absolute atomic E-state index is 12.1. The predicted octanol–water partition coefficient (Wildman–Crippen LogP) is 2.09. The van der Waals surface area contributed by atoms with E-state index in [-0.39, 0.29) is 24.0 Å². The van der Waals surface area contributed by atoms with Crippen molar-refractivity contribution in [1.82, 2.24) is 20.5 Å². The second-order valence-corrected chi connectivity index (χ2v) is 7.07. The smallest absolute Gasteiger partial charge is 0.407 e. The van der Waals surface area contributed by atoms with Gasteiger partial charge in [0.1, 0.15) is 12.2 Å². The van der Waals surface area contributed by atoms with Crippen LogP contribution in [-0.2, 0) is 20.8 Å². The first kappa shape index (κ1) is 18.4. The number of carbonyl (C=O) groups excluding carboxylic acids is 2. The van der Waals surface area contributed by atoms with E-state index in [1.807, 2.05) is 24.3 Å². The van der Waals surface area contributed by atoms with Crippen molar-refractivity contribution in [3.8, 4) is 0 Å². The normalized spacial score (nSPS) is 23.6. The van der Waals surface area contributed by atoms with Gasteiger partial charge in [-0.2, -0.15) is 5.10 Å². The zero-order valence-corrected chi connectivity index (χ0v) is 15.4. The highest BCUT2D eigenvalue weighted by molar-refractivity contribution is 5.93. The molecule has 1 atom stereocenters. The third kappa shape index (κ3) is 4.48. The summed E-state index contributed by atoms with van der Waals surface area (Å²) < 4.78 is 10.8. The Morgan fingerprint density at radius 1 is 1.32 bits per heavy atom. The number of hydrogen-bond donors (Lipinski definition) is 3. The fourth-order valence-electron chi connectivity index (χ4n) is 3.38. The van der Waals surface area contributed by atoms with E-state index in [0.29, 0.717) is 19.0 Å². The molecule has 3 heterocycles. The molecule has 9 heteroatoms. The van der Waals surface area contributed by atoms with Crippen molar-refractivity contribution in [2.45, 2.75) is 50.4 Å². The zero-order chi connectivity index (χ0) is 19.3. The molecular formula is C19H23N5O4. The first-order chi connectivity index (χ1) is 13.7. The minimum atomic E-state index is -0.441. The topological polar surface area (TPSA) is 118 Å². The van der Waals surface area contributed by atoms with E-state index >= 15 is 0 Å². The van der Waals surface area contributed by atoms with E-state index in [2.05, 4.69) is 25.8 Å². The van der Waals surface area contributed by atoms with Gasteiger partial charge in [-0.15, -0.1) is 0 Å². The van der Waals surface area contributed by atoms with Crippen molar-refractivity contribution in [2.24, 2.45) is 0 Å². The maximum atomic E-state index is 12.1. The Balaban J connectivity index is 1.18. The third-order valence-electron chi connectivity index (χ3n) is 5.02. The second-order valence-electron chi connectivity index (χ2n) is 7.07. The minimum absolute atomic E-state index is 0.123. The number of aromatic nitrogens is 3. The molecule has 3 N–H and O–H groups in total. The van der Waals surface area contributed by atoms with Crippen molar-refractivity contribution < 1.29 is 19.1 Å². The molecule has 28 heavy (non-hydrogen) atoms. The van der Waals surface area contributed by atoms with Gasteiger partial charge in [0.15, 0.2) is 5.82 Å². The lowest BCUT2D eigenvalue weighted by Gasteiger charge is -2.33. The van der Waals surface area contributed by atoms with Gasteiger partial charge in [-0.05, 0) is 37.8 Å². The summed E-state index contributed by atoms with van der Waals surface area (Å²) in [6, 6.07) is 7.36. The largest absolute Gasteiger partial charge is 0.446 e. The van der Waals surface area contributed by atoms with Gasteiger partial charge in [0.2, 0.25) is 0 Å².